The van der Waals surface area contributed by atoms with Crippen LogP contribution in [0.2, 0.25) is 0 Å². The second kappa shape index (κ2) is 13.0. The molecule has 0 saturated carbocycles. The molecule has 212 valence electrons. The van der Waals surface area contributed by atoms with Gasteiger partial charge in [0.15, 0.2) is 12.2 Å². The van der Waals surface area contributed by atoms with E-state index in [1.165, 1.54) is 22.5 Å². The van der Waals surface area contributed by atoms with E-state index in [0.29, 0.717) is 6.54 Å². The Morgan fingerprint density at radius 1 is 1.05 bits per heavy atom. The van der Waals surface area contributed by atoms with E-state index in [1.807, 2.05) is 30.3 Å². The minimum atomic E-state index is -1.84. The molecule has 2 fully saturated rings. The van der Waals surface area contributed by atoms with Gasteiger partial charge in [-0.1, -0.05) is 36.4 Å². The standard InChI is InChI=1S/C31H38N4O4S/c1-21-6-2-3-7-23(21)16-22-17-26(40-20-22)19-33-30(38)28(36)29(37)31(39)35-13-5-10-27(35)24-8-4-9-25(18-24)34-14-11-32-12-15-34/h2-4,6-9,17-18,20,27-29,32,36-37H,5,10-16,19H2,1H3,(H,33,38)/t27-,28-,29-/m1/s1. The summed E-state index contributed by atoms with van der Waals surface area (Å²) in [6.07, 6.45) is -1.28. The molecule has 0 unspecified atom stereocenters. The van der Waals surface area contributed by atoms with Crippen molar-refractivity contribution >= 4 is 28.8 Å². The quantitative estimate of drug-likeness (QED) is 0.320. The fourth-order valence-electron chi connectivity index (χ4n) is 5.60. The molecule has 1 aromatic heterocycles. The van der Waals surface area contributed by atoms with Crippen LogP contribution >= 0.6 is 11.3 Å². The molecule has 3 atom stereocenters. The molecule has 0 radical (unpaired) electrons. The summed E-state index contributed by atoms with van der Waals surface area (Å²) < 4.78 is 0. The average Bonchev–Trinajstić information content (AvgIpc) is 3.66. The first-order valence-electron chi connectivity index (χ1n) is 14.0. The number of amides is 2. The third-order valence-corrected chi connectivity index (χ3v) is 8.88. The summed E-state index contributed by atoms with van der Waals surface area (Å²) >= 11 is 1.53. The predicted molar refractivity (Wildman–Crippen MR) is 157 cm³/mol. The Hall–Kier alpha value is -3.24. The lowest BCUT2D eigenvalue weighted by atomic mass is 10.0. The van der Waals surface area contributed by atoms with E-state index >= 15 is 0 Å². The van der Waals surface area contributed by atoms with Crippen LogP contribution in [-0.4, -0.2) is 71.9 Å². The van der Waals surface area contributed by atoms with Crippen molar-refractivity contribution < 1.29 is 19.8 Å². The van der Waals surface area contributed by atoms with Crippen molar-refractivity contribution in [3.63, 3.8) is 0 Å². The highest BCUT2D eigenvalue weighted by molar-refractivity contribution is 7.10. The molecule has 2 aliphatic heterocycles. The largest absolute Gasteiger partial charge is 0.380 e. The van der Waals surface area contributed by atoms with Crippen LogP contribution < -0.4 is 15.5 Å². The summed E-state index contributed by atoms with van der Waals surface area (Å²) in [5.41, 5.74) is 5.77. The number of thiophene rings is 1. The van der Waals surface area contributed by atoms with Crippen molar-refractivity contribution in [1.82, 2.24) is 15.5 Å². The maximum absolute atomic E-state index is 13.3. The van der Waals surface area contributed by atoms with Crippen molar-refractivity contribution in [2.75, 3.05) is 37.6 Å². The number of likely N-dealkylation sites (tertiary alicyclic amines) is 1. The number of nitrogens with one attached hydrogen (secondary N) is 2. The second-order valence-corrected chi connectivity index (χ2v) is 11.6. The molecule has 0 spiro atoms. The average molecular weight is 563 g/mol. The molecule has 9 heteroatoms. The van der Waals surface area contributed by atoms with Crippen LogP contribution in [0.25, 0.3) is 0 Å². The lowest BCUT2D eigenvalue weighted by molar-refractivity contribution is -0.153. The zero-order valence-electron chi connectivity index (χ0n) is 22.9. The number of nitrogens with zero attached hydrogens (tertiary/aromatic N) is 2. The van der Waals surface area contributed by atoms with Gasteiger partial charge in [0.2, 0.25) is 0 Å². The first-order valence-corrected chi connectivity index (χ1v) is 14.9. The van der Waals surface area contributed by atoms with Gasteiger partial charge in [-0.25, -0.2) is 0 Å². The van der Waals surface area contributed by atoms with Gasteiger partial charge < -0.3 is 30.6 Å². The SMILES string of the molecule is Cc1ccccc1Cc1csc(CNC(=O)[C@H](O)[C@@H](O)C(=O)N2CCC[C@@H]2c2cccc(N3CCNCC3)c2)c1. The molecule has 4 N–H and O–H groups in total. The van der Waals surface area contributed by atoms with Crippen molar-refractivity contribution in [2.45, 2.75) is 51.0 Å². The lowest BCUT2D eigenvalue weighted by Gasteiger charge is -2.32. The Bertz CT molecular complexity index is 1320. The van der Waals surface area contributed by atoms with Gasteiger partial charge in [-0.15, -0.1) is 11.3 Å². The van der Waals surface area contributed by atoms with Gasteiger partial charge in [-0.3, -0.25) is 9.59 Å². The highest BCUT2D eigenvalue weighted by Crippen LogP contribution is 2.34. The van der Waals surface area contributed by atoms with Gasteiger partial charge in [0.25, 0.3) is 11.8 Å². The van der Waals surface area contributed by atoms with Gasteiger partial charge in [-0.05, 0) is 72.0 Å². The minimum Gasteiger partial charge on any atom is -0.380 e. The van der Waals surface area contributed by atoms with Crippen LogP contribution in [-0.2, 0) is 22.6 Å². The Balaban J connectivity index is 1.17. The molecule has 0 aliphatic carbocycles. The molecule has 2 amide bonds. The number of rotatable bonds is 9. The molecule has 2 aromatic carbocycles. The fraction of sp³-hybridized carbons (Fsp3) is 0.419. The molecule has 2 saturated heterocycles. The van der Waals surface area contributed by atoms with Crippen LogP contribution in [0.4, 0.5) is 5.69 Å². The van der Waals surface area contributed by atoms with E-state index in [1.54, 1.807) is 4.90 Å². The number of aliphatic hydroxyl groups is 2. The maximum atomic E-state index is 13.3. The Morgan fingerprint density at radius 3 is 2.65 bits per heavy atom. The molecule has 3 aromatic rings. The number of hydrogen-bond acceptors (Lipinski definition) is 7. The van der Waals surface area contributed by atoms with Gasteiger partial charge in [0.1, 0.15) is 0 Å². The highest BCUT2D eigenvalue weighted by Gasteiger charge is 2.38. The Morgan fingerprint density at radius 2 is 1.85 bits per heavy atom. The number of piperazine rings is 1. The summed E-state index contributed by atoms with van der Waals surface area (Å²) in [6.45, 7) is 6.52. The molecular formula is C31H38N4O4S. The Labute approximate surface area is 239 Å². The maximum Gasteiger partial charge on any atom is 0.255 e. The number of aryl methyl sites for hydroxylation is 1. The van der Waals surface area contributed by atoms with Crippen LogP contribution in [0.3, 0.4) is 0 Å². The van der Waals surface area contributed by atoms with E-state index < -0.39 is 24.0 Å². The van der Waals surface area contributed by atoms with Crippen molar-refractivity contribution in [2.24, 2.45) is 0 Å². The van der Waals surface area contributed by atoms with Gasteiger partial charge >= 0.3 is 0 Å². The van der Waals surface area contributed by atoms with Gasteiger partial charge in [0, 0.05) is 43.3 Å². The molecule has 2 aliphatic rings. The summed E-state index contributed by atoms with van der Waals surface area (Å²) in [7, 11) is 0. The van der Waals surface area contributed by atoms with E-state index in [2.05, 4.69) is 52.1 Å². The Kier molecular flexibility index (Phi) is 9.16. The van der Waals surface area contributed by atoms with E-state index in [-0.39, 0.29) is 12.6 Å². The van der Waals surface area contributed by atoms with Crippen molar-refractivity contribution in [3.8, 4) is 0 Å². The normalized spacial score (nSPS) is 18.9. The highest BCUT2D eigenvalue weighted by atomic mass is 32.1. The molecular weight excluding hydrogens is 524 g/mol. The van der Waals surface area contributed by atoms with Gasteiger partial charge in [-0.2, -0.15) is 0 Å². The third kappa shape index (κ3) is 6.55. The number of benzene rings is 2. The number of anilines is 1. The van der Waals surface area contributed by atoms with Crippen LogP contribution in [0.15, 0.2) is 60.0 Å². The summed E-state index contributed by atoms with van der Waals surface area (Å²) in [4.78, 5) is 30.8. The smallest absolute Gasteiger partial charge is 0.255 e. The summed E-state index contributed by atoms with van der Waals surface area (Å²) in [6, 6.07) is 18.3. The van der Waals surface area contributed by atoms with E-state index in [0.717, 1.165) is 67.1 Å². The van der Waals surface area contributed by atoms with Crippen LogP contribution in [0, 0.1) is 6.92 Å². The van der Waals surface area contributed by atoms with E-state index in [9.17, 15) is 19.8 Å². The van der Waals surface area contributed by atoms with E-state index in [4.69, 9.17) is 0 Å². The number of carbonyl (C=O) groups is 2. The first-order chi connectivity index (χ1) is 19.4. The van der Waals surface area contributed by atoms with Crippen LogP contribution in [0.5, 0.6) is 0 Å². The second-order valence-electron chi connectivity index (χ2n) is 10.7. The monoisotopic (exact) mass is 562 g/mol. The number of aliphatic hydroxyl groups excluding tert-OH is 2. The molecule has 8 nitrogen and oxygen atoms in total. The molecule has 40 heavy (non-hydrogen) atoms. The zero-order valence-corrected chi connectivity index (χ0v) is 23.7. The van der Waals surface area contributed by atoms with Crippen molar-refractivity contribution in [3.05, 3.63) is 87.1 Å². The fourth-order valence-corrected chi connectivity index (χ4v) is 6.42. The minimum absolute atomic E-state index is 0.196. The molecule has 3 heterocycles. The molecule has 5 rings (SSSR count). The number of hydrogen-bond donors (Lipinski definition) is 4. The topological polar surface area (TPSA) is 105 Å². The summed E-state index contributed by atoms with van der Waals surface area (Å²) in [5, 5.41) is 29.4. The first kappa shape index (κ1) is 28.3. The zero-order chi connectivity index (χ0) is 28.1. The number of carbonyl (C=O) groups excluding carboxylic acids is 2. The predicted octanol–water partition coefficient (Wildman–Crippen LogP) is 2.76. The van der Waals surface area contributed by atoms with Crippen LogP contribution in [0.1, 0.15) is 46.0 Å². The third-order valence-electron chi connectivity index (χ3n) is 7.89. The van der Waals surface area contributed by atoms with Gasteiger partial charge in [0.05, 0.1) is 12.6 Å². The lowest BCUT2D eigenvalue weighted by Crippen LogP contribution is -2.50. The summed E-state index contributed by atoms with van der Waals surface area (Å²) in [5.74, 6) is -1.37. The van der Waals surface area contributed by atoms with Crippen molar-refractivity contribution in [1.29, 1.82) is 0 Å². The molecule has 0 bridgehead atoms.